The van der Waals surface area contributed by atoms with E-state index in [0.29, 0.717) is 15.1 Å². The van der Waals surface area contributed by atoms with Gasteiger partial charge in [0.1, 0.15) is 5.82 Å². The molecule has 2 N–H and O–H groups in total. The molecule has 0 fully saturated rings. The highest BCUT2D eigenvalue weighted by Gasteiger charge is 2.12. The molecular formula is C13H8BrClFNO. The van der Waals surface area contributed by atoms with Crippen LogP contribution in [0, 0.1) is 5.82 Å². The first kappa shape index (κ1) is 13.1. The van der Waals surface area contributed by atoms with E-state index in [-0.39, 0.29) is 17.0 Å². The zero-order chi connectivity index (χ0) is 13.3. The monoisotopic (exact) mass is 327 g/mol. The van der Waals surface area contributed by atoms with E-state index in [9.17, 15) is 9.18 Å². The molecule has 18 heavy (non-hydrogen) atoms. The number of carbonyl (C=O) groups is 1. The SMILES string of the molecule is Nc1ccc(C(=O)c2ccc(Br)c(Cl)c2)cc1F. The number of nitrogens with two attached hydrogens (primary N) is 1. The van der Waals surface area contributed by atoms with Gasteiger partial charge in [0.2, 0.25) is 0 Å². The Balaban J connectivity index is 2.41. The predicted molar refractivity (Wildman–Crippen MR) is 73.4 cm³/mol. The fourth-order valence-electron chi connectivity index (χ4n) is 1.47. The number of ketones is 1. The van der Waals surface area contributed by atoms with Crippen molar-refractivity contribution in [2.45, 2.75) is 0 Å². The number of halogens is 3. The molecule has 5 heteroatoms. The second-order valence-electron chi connectivity index (χ2n) is 3.69. The zero-order valence-corrected chi connectivity index (χ0v) is 11.4. The van der Waals surface area contributed by atoms with Gasteiger partial charge in [0.15, 0.2) is 5.78 Å². The van der Waals surface area contributed by atoms with Gasteiger partial charge in [0, 0.05) is 15.6 Å². The Morgan fingerprint density at radius 2 is 1.78 bits per heavy atom. The van der Waals surface area contributed by atoms with Crippen molar-refractivity contribution in [3.8, 4) is 0 Å². The molecule has 2 nitrogen and oxygen atoms in total. The van der Waals surface area contributed by atoms with E-state index in [2.05, 4.69) is 15.9 Å². The lowest BCUT2D eigenvalue weighted by Crippen LogP contribution is -2.03. The lowest BCUT2D eigenvalue weighted by atomic mass is 10.0. The van der Waals surface area contributed by atoms with Gasteiger partial charge < -0.3 is 5.73 Å². The summed E-state index contributed by atoms with van der Waals surface area (Å²) in [6, 6.07) is 8.78. The van der Waals surface area contributed by atoms with Crippen molar-refractivity contribution in [3.63, 3.8) is 0 Å². The van der Waals surface area contributed by atoms with E-state index in [1.54, 1.807) is 12.1 Å². The average Bonchev–Trinajstić information content (AvgIpc) is 2.35. The van der Waals surface area contributed by atoms with Crippen LogP contribution in [0.1, 0.15) is 15.9 Å². The maximum absolute atomic E-state index is 13.3. The van der Waals surface area contributed by atoms with Gasteiger partial charge in [-0.1, -0.05) is 11.6 Å². The number of nitrogen functional groups attached to an aromatic ring is 1. The molecule has 2 rings (SSSR count). The molecule has 0 unspecified atom stereocenters. The van der Waals surface area contributed by atoms with Crippen molar-refractivity contribution >= 4 is 39.0 Å². The summed E-state index contributed by atoms with van der Waals surface area (Å²) in [5, 5.41) is 0.428. The minimum atomic E-state index is -0.607. The summed E-state index contributed by atoms with van der Waals surface area (Å²) in [6.07, 6.45) is 0. The van der Waals surface area contributed by atoms with Crippen molar-refractivity contribution in [3.05, 3.63) is 62.8 Å². The standard InChI is InChI=1S/C13H8BrClFNO/c14-9-3-1-7(5-10(9)15)13(18)8-2-4-12(17)11(16)6-8/h1-6H,17H2. The van der Waals surface area contributed by atoms with Crippen molar-refractivity contribution in [2.75, 3.05) is 5.73 Å². The summed E-state index contributed by atoms with van der Waals surface area (Å²) in [4.78, 5) is 12.1. The van der Waals surface area contributed by atoms with Gasteiger partial charge >= 0.3 is 0 Å². The van der Waals surface area contributed by atoms with E-state index in [1.165, 1.54) is 18.2 Å². The summed E-state index contributed by atoms with van der Waals surface area (Å²) < 4.78 is 14.0. The average molecular weight is 329 g/mol. The molecule has 2 aromatic carbocycles. The maximum atomic E-state index is 13.3. The summed E-state index contributed by atoms with van der Waals surface area (Å²) in [5.74, 6) is -0.910. The second kappa shape index (κ2) is 5.08. The van der Waals surface area contributed by atoms with Crippen LogP contribution >= 0.6 is 27.5 Å². The van der Waals surface area contributed by atoms with Crippen molar-refractivity contribution < 1.29 is 9.18 Å². The molecule has 0 aromatic heterocycles. The Bertz CT molecular complexity index is 577. The van der Waals surface area contributed by atoms with Gasteiger partial charge in [-0.3, -0.25) is 4.79 Å². The van der Waals surface area contributed by atoms with Crippen LogP contribution in [0.4, 0.5) is 10.1 Å². The van der Waals surface area contributed by atoms with Gasteiger partial charge in [-0.25, -0.2) is 4.39 Å². The van der Waals surface area contributed by atoms with Gasteiger partial charge in [-0.2, -0.15) is 0 Å². The molecule has 0 bridgehead atoms. The first-order chi connectivity index (χ1) is 8.49. The maximum Gasteiger partial charge on any atom is 0.193 e. The smallest absolute Gasteiger partial charge is 0.193 e. The quantitative estimate of drug-likeness (QED) is 0.667. The van der Waals surface area contributed by atoms with E-state index >= 15 is 0 Å². The molecule has 0 amide bonds. The molecule has 0 saturated carbocycles. The highest BCUT2D eigenvalue weighted by molar-refractivity contribution is 9.10. The third-order valence-electron chi connectivity index (χ3n) is 2.44. The molecule has 0 aliphatic heterocycles. The number of carbonyl (C=O) groups excluding carboxylic acids is 1. The van der Waals surface area contributed by atoms with Crippen molar-refractivity contribution in [1.82, 2.24) is 0 Å². The predicted octanol–water partition coefficient (Wildman–Crippen LogP) is 4.05. The molecular weight excluding hydrogens is 321 g/mol. The fraction of sp³-hybridized carbons (Fsp3) is 0. The molecule has 0 spiro atoms. The van der Waals surface area contributed by atoms with Crippen molar-refractivity contribution in [1.29, 1.82) is 0 Å². The molecule has 2 aromatic rings. The second-order valence-corrected chi connectivity index (χ2v) is 4.96. The number of anilines is 1. The van der Waals surface area contributed by atoms with Gasteiger partial charge in [-0.15, -0.1) is 0 Å². The summed E-state index contributed by atoms with van der Waals surface area (Å²) in [6.45, 7) is 0. The van der Waals surface area contributed by atoms with E-state index < -0.39 is 5.82 Å². The Labute approximate surface area is 117 Å². The van der Waals surface area contributed by atoms with E-state index in [0.717, 1.165) is 6.07 Å². The normalized spacial score (nSPS) is 10.4. The lowest BCUT2D eigenvalue weighted by molar-refractivity contribution is 0.103. The van der Waals surface area contributed by atoms with E-state index in [4.69, 9.17) is 17.3 Å². The minimum Gasteiger partial charge on any atom is -0.396 e. The number of rotatable bonds is 2. The molecule has 0 aliphatic carbocycles. The van der Waals surface area contributed by atoms with Crippen LogP contribution < -0.4 is 5.73 Å². The topological polar surface area (TPSA) is 43.1 Å². The Morgan fingerprint density at radius 3 is 2.39 bits per heavy atom. The number of benzene rings is 2. The van der Waals surface area contributed by atoms with Crippen LogP contribution in [-0.4, -0.2) is 5.78 Å². The summed E-state index contributed by atoms with van der Waals surface area (Å²) in [5.41, 5.74) is 6.00. The van der Waals surface area contributed by atoms with Crippen LogP contribution in [0.3, 0.4) is 0 Å². The summed E-state index contributed by atoms with van der Waals surface area (Å²) >= 11 is 9.14. The molecule has 0 heterocycles. The van der Waals surface area contributed by atoms with E-state index in [1.807, 2.05) is 0 Å². The molecule has 0 atom stereocenters. The third kappa shape index (κ3) is 2.54. The van der Waals surface area contributed by atoms with Crippen LogP contribution in [0.2, 0.25) is 5.02 Å². The largest absolute Gasteiger partial charge is 0.396 e. The molecule has 0 saturated heterocycles. The number of hydrogen-bond acceptors (Lipinski definition) is 2. The van der Waals surface area contributed by atoms with Gasteiger partial charge in [0.05, 0.1) is 10.7 Å². The first-order valence-electron chi connectivity index (χ1n) is 5.04. The zero-order valence-electron chi connectivity index (χ0n) is 9.08. The van der Waals surface area contributed by atoms with Gasteiger partial charge in [-0.05, 0) is 52.3 Å². The Kier molecular flexibility index (Phi) is 3.68. The Hall–Kier alpha value is -1.39. The molecule has 0 aliphatic rings. The molecule has 92 valence electrons. The summed E-state index contributed by atoms with van der Waals surface area (Å²) in [7, 11) is 0. The number of hydrogen-bond donors (Lipinski definition) is 1. The highest BCUT2D eigenvalue weighted by Crippen LogP contribution is 2.25. The molecule has 0 radical (unpaired) electrons. The van der Waals surface area contributed by atoms with Crippen LogP contribution in [-0.2, 0) is 0 Å². The Morgan fingerprint density at radius 1 is 1.17 bits per heavy atom. The van der Waals surface area contributed by atoms with Crippen molar-refractivity contribution in [2.24, 2.45) is 0 Å². The van der Waals surface area contributed by atoms with Crippen LogP contribution in [0.15, 0.2) is 40.9 Å². The minimum absolute atomic E-state index is 0.0142. The lowest BCUT2D eigenvalue weighted by Gasteiger charge is -2.04. The van der Waals surface area contributed by atoms with Crippen LogP contribution in [0.25, 0.3) is 0 Å². The van der Waals surface area contributed by atoms with Crippen LogP contribution in [0.5, 0.6) is 0 Å². The van der Waals surface area contributed by atoms with Gasteiger partial charge in [0.25, 0.3) is 0 Å². The highest BCUT2D eigenvalue weighted by atomic mass is 79.9. The fourth-order valence-corrected chi connectivity index (χ4v) is 1.90. The third-order valence-corrected chi connectivity index (χ3v) is 3.68. The first-order valence-corrected chi connectivity index (χ1v) is 6.21.